The van der Waals surface area contributed by atoms with Gasteiger partial charge in [-0.3, -0.25) is 14.6 Å². The zero-order valence-corrected chi connectivity index (χ0v) is 11.6. The molecule has 0 aliphatic carbocycles. The van der Waals surface area contributed by atoms with E-state index < -0.39 is 0 Å². The van der Waals surface area contributed by atoms with Gasteiger partial charge in [0.1, 0.15) is 5.69 Å². The number of piperidine rings is 1. The molecule has 2 saturated heterocycles. The summed E-state index contributed by atoms with van der Waals surface area (Å²) in [5.74, 6) is 0.0497. The third kappa shape index (κ3) is 2.05. The Morgan fingerprint density at radius 2 is 2.15 bits per heavy atom. The molecule has 106 valence electrons. The lowest BCUT2D eigenvalue weighted by Crippen LogP contribution is -2.49. The van der Waals surface area contributed by atoms with E-state index in [0.717, 1.165) is 25.8 Å². The van der Waals surface area contributed by atoms with Gasteiger partial charge in [-0.25, -0.2) is 4.98 Å². The molecule has 2 amide bonds. The average molecular weight is 274 g/mol. The van der Waals surface area contributed by atoms with E-state index in [-0.39, 0.29) is 17.2 Å². The third-order valence-corrected chi connectivity index (χ3v) is 4.37. The van der Waals surface area contributed by atoms with Crippen molar-refractivity contribution < 1.29 is 9.59 Å². The summed E-state index contributed by atoms with van der Waals surface area (Å²) in [6.07, 6.45) is 7.12. The van der Waals surface area contributed by atoms with E-state index in [2.05, 4.69) is 9.97 Å². The molecule has 0 radical (unpaired) electrons. The van der Waals surface area contributed by atoms with Crippen molar-refractivity contribution in [1.82, 2.24) is 19.8 Å². The fourth-order valence-electron chi connectivity index (χ4n) is 3.25. The van der Waals surface area contributed by atoms with Crippen LogP contribution in [0.2, 0.25) is 0 Å². The van der Waals surface area contributed by atoms with Crippen LogP contribution in [-0.2, 0) is 4.79 Å². The van der Waals surface area contributed by atoms with E-state index in [1.54, 1.807) is 16.0 Å². The maximum Gasteiger partial charge on any atom is 0.274 e. The molecule has 3 rings (SSSR count). The predicted octanol–water partition coefficient (Wildman–Crippen LogP) is 0.561. The van der Waals surface area contributed by atoms with E-state index in [4.69, 9.17) is 0 Å². The molecule has 6 heteroatoms. The van der Waals surface area contributed by atoms with Gasteiger partial charge in [0.15, 0.2) is 0 Å². The number of nitrogens with zero attached hydrogens (tertiary/aromatic N) is 4. The van der Waals surface area contributed by atoms with E-state index in [1.807, 2.05) is 7.05 Å². The third-order valence-electron chi connectivity index (χ3n) is 4.37. The fourth-order valence-corrected chi connectivity index (χ4v) is 3.25. The largest absolute Gasteiger partial charge is 0.345 e. The molecular weight excluding hydrogens is 256 g/mol. The molecule has 2 aliphatic heterocycles. The second-order valence-corrected chi connectivity index (χ2v) is 5.68. The maximum atomic E-state index is 12.4. The molecule has 0 bridgehead atoms. The Balaban J connectivity index is 1.79. The van der Waals surface area contributed by atoms with Crippen molar-refractivity contribution >= 4 is 11.8 Å². The Labute approximate surface area is 117 Å². The summed E-state index contributed by atoms with van der Waals surface area (Å²) < 4.78 is 0. The first-order chi connectivity index (χ1) is 9.62. The van der Waals surface area contributed by atoms with Crippen molar-refractivity contribution in [3.63, 3.8) is 0 Å². The van der Waals surface area contributed by atoms with Crippen LogP contribution in [0.4, 0.5) is 0 Å². The van der Waals surface area contributed by atoms with Crippen LogP contribution in [0.3, 0.4) is 0 Å². The van der Waals surface area contributed by atoms with Gasteiger partial charge in [0.05, 0.1) is 11.6 Å². The quantitative estimate of drug-likeness (QED) is 0.750. The van der Waals surface area contributed by atoms with Gasteiger partial charge in [0, 0.05) is 39.1 Å². The van der Waals surface area contributed by atoms with Crippen molar-refractivity contribution in [2.75, 3.05) is 26.7 Å². The summed E-state index contributed by atoms with van der Waals surface area (Å²) >= 11 is 0. The standard InChI is InChI=1S/C14H18N4O2/c1-17-8-4-14(13(17)20)3-2-7-18(10-14)12(19)11-9-15-5-6-16-11/h5-6,9H,2-4,7-8,10H2,1H3/t14-/m0/s1. The molecule has 1 spiro atoms. The first-order valence-electron chi connectivity index (χ1n) is 6.93. The van der Waals surface area contributed by atoms with Gasteiger partial charge in [-0.05, 0) is 19.3 Å². The maximum absolute atomic E-state index is 12.4. The van der Waals surface area contributed by atoms with E-state index in [9.17, 15) is 9.59 Å². The van der Waals surface area contributed by atoms with Gasteiger partial charge >= 0.3 is 0 Å². The van der Waals surface area contributed by atoms with Crippen molar-refractivity contribution in [1.29, 1.82) is 0 Å². The van der Waals surface area contributed by atoms with Crippen LogP contribution in [0.1, 0.15) is 29.8 Å². The van der Waals surface area contributed by atoms with E-state index in [0.29, 0.717) is 18.8 Å². The highest BCUT2D eigenvalue weighted by atomic mass is 16.2. The van der Waals surface area contributed by atoms with Crippen LogP contribution in [0.25, 0.3) is 0 Å². The Morgan fingerprint density at radius 1 is 1.30 bits per heavy atom. The number of hydrogen-bond donors (Lipinski definition) is 0. The Morgan fingerprint density at radius 3 is 2.80 bits per heavy atom. The van der Waals surface area contributed by atoms with Crippen LogP contribution >= 0.6 is 0 Å². The van der Waals surface area contributed by atoms with Crippen LogP contribution in [-0.4, -0.2) is 58.3 Å². The SMILES string of the molecule is CN1CC[C@]2(CCCN(C(=O)c3cnccn3)C2)C1=O. The fraction of sp³-hybridized carbons (Fsp3) is 0.571. The lowest BCUT2D eigenvalue weighted by Gasteiger charge is -2.38. The highest BCUT2D eigenvalue weighted by Gasteiger charge is 2.48. The number of likely N-dealkylation sites (tertiary alicyclic amines) is 2. The minimum atomic E-state index is -0.370. The summed E-state index contributed by atoms with van der Waals surface area (Å²) in [6, 6.07) is 0. The van der Waals surface area contributed by atoms with Gasteiger partial charge in [0.2, 0.25) is 5.91 Å². The highest BCUT2D eigenvalue weighted by Crippen LogP contribution is 2.39. The minimum absolute atomic E-state index is 0.125. The molecular formula is C14H18N4O2. The molecule has 2 aliphatic rings. The molecule has 2 fully saturated rings. The first kappa shape index (κ1) is 13.0. The summed E-state index contributed by atoms with van der Waals surface area (Å²) in [7, 11) is 1.83. The smallest absolute Gasteiger partial charge is 0.274 e. The molecule has 0 N–H and O–H groups in total. The number of carbonyl (C=O) groups is 2. The van der Waals surface area contributed by atoms with Crippen LogP contribution in [0.15, 0.2) is 18.6 Å². The number of carbonyl (C=O) groups excluding carboxylic acids is 2. The normalized spacial score (nSPS) is 26.4. The summed E-state index contributed by atoms with van der Waals surface area (Å²) in [5.41, 5.74) is -0.0198. The summed E-state index contributed by atoms with van der Waals surface area (Å²) in [4.78, 5) is 36.3. The highest BCUT2D eigenvalue weighted by molar-refractivity contribution is 5.93. The van der Waals surface area contributed by atoms with Gasteiger partial charge < -0.3 is 9.80 Å². The molecule has 1 atom stereocenters. The van der Waals surface area contributed by atoms with Gasteiger partial charge in [-0.2, -0.15) is 0 Å². The van der Waals surface area contributed by atoms with Gasteiger partial charge in [-0.1, -0.05) is 0 Å². The molecule has 0 saturated carbocycles. The second kappa shape index (κ2) is 4.85. The summed E-state index contributed by atoms with van der Waals surface area (Å²) in [5, 5.41) is 0. The van der Waals surface area contributed by atoms with Gasteiger partial charge in [-0.15, -0.1) is 0 Å². The Hall–Kier alpha value is -1.98. The summed E-state index contributed by atoms with van der Waals surface area (Å²) in [6.45, 7) is 1.98. The molecule has 0 aromatic carbocycles. The Kier molecular flexibility index (Phi) is 3.16. The minimum Gasteiger partial charge on any atom is -0.345 e. The monoisotopic (exact) mass is 274 g/mol. The average Bonchev–Trinajstić information content (AvgIpc) is 2.76. The van der Waals surface area contributed by atoms with Crippen LogP contribution < -0.4 is 0 Å². The number of aromatic nitrogens is 2. The second-order valence-electron chi connectivity index (χ2n) is 5.68. The number of rotatable bonds is 1. The molecule has 3 heterocycles. The van der Waals surface area contributed by atoms with Crippen molar-refractivity contribution in [3.05, 3.63) is 24.3 Å². The van der Waals surface area contributed by atoms with E-state index >= 15 is 0 Å². The molecule has 1 aromatic rings. The Bertz CT molecular complexity index is 529. The zero-order chi connectivity index (χ0) is 14.2. The number of amides is 2. The van der Waals surface area contributed by atoms with Crippen molar-refractivity contribution in [3.8, 4) is 0 Å². The van der Waals surface area contributed by atoms with Crippen molar-refractivity contribution in [2.45, 2.75) is 19.3 Å². The van der Waals surface area contributed by atoms with E-state index in [1.165, 1.54) is 12.4 Å². The molecule has 1 aromatic heterocycles. The zero-order valence-electron chi connectivity index (χ0n) is 11.6. The first-order valence-corrected chi connectivity index (χ1v) is 6.93. The molecule has 6 nitrogen and oxygen atoms in total. The number of hydrogen-bond acceptors (Lipinski definition) is 4. The lowest BCUT2D eigenvalue weighted by atomic mass is 9.78. The topological polar surface area (TPSA) is 66.4 Å². The van der Waals surface area contributed by atoms with Crippen LogP contribution in [0.5, 0.6) is 0 Å². The lowest BCUT2D eigenvalue weighted by molar-refractivity contribution is -0.137. The predicted molar refractivity (Wildman–Crippen MR) is 71.9 cm³/mol. The van der Waals surface area contributed by atoms with Crippen molar-refractivity contribution in [2.24, 2.45) is 5.41 Å². The molecule has 20 heavy (non-hydrogen) atoms. The van der Waals surface area contributed by atoms with Crippen LogP contribution in [0, 0.1) is 5.41 Å². The molecule has 0 unspecified atom stereocenters. The van der Waals surface area contributed by atoms with Gasteiger partial charge in [0.25, 0.3) is 5.91 Å².